The van der Waals surface area contributed by atoms with Gasteiger partial charge in [-0.15, -0.1) is 0 Å². The van der Waals surface area contributed by atoms with E-state index in [2.05, 4.69) is 4.99 Å². The fourth-order valence-electron chi connectivity index (χ4n) is 1.53. The van der Waals surface area contributed by atoms with Crippen molar-refractivity contribution in [3.05, 3.63) is 30.1 Å². The Morgan fingerprint density at radius 3 is 2.59 bits per heavy atom. The van der Waals surface area contributed by atoms with Crippen LogP contribution in [0.1, 0.15) is 0 Å². The normalized spacial score (nSPS) is 16.1. The van der Waals surface area contributed by atoms with Crippen molar-refractivity contribution >= 4 is 27.0 Å². The van der Waals surface area contributed by atoms with Gasteiger partial charge in [-0.05, 0) is 30.5 Å². The molecule has 17 heavy (non-hydrogen) atoms. The fourth-order valence-corrected chi connectivity index (χ4v) is 3.89. The van der Waals surface area contributed by atoms with E-state index in [1.54, 1.807) is 6.26 Å². The molecule has 0 unspecified atom stereocenters. The number of aliphatic imine (C=N–C) groups is 1. The summed E-state index contributed by atoms with van der Waals surface area (Å²) < 4.78 is 38.5. The fraction of sp³-hybridized carbons (Fsp3) is 0.300. The van der Waals surface area contributed by atoms with Crippen molar-refractivity contribution in [3.8, 4) is 0 Å². The highest BCUT2D eigenvalue weighted by molar-refractivity contribution is 8.14. The summed E-state index contributed by atoms with van der Waals surface area (Å²) in [5, 5.41) is 0.481. The van der Waals surface area contributed by atoms with Crippen LogP contribution in [0, 0.1) is 5.82 Å². The van der Waals surface area contributed by atoms with Crippen LogP contribution in [-0.4, -0.2) is 37.2 Å². The molecule has 1 aromatic carbocycles. The SMILES string of the molecule is CSC1=NCCN1S(=O)(=O)c1ccc(F)cc1. The van der Waals surface area contributed by atoms with Crippen molar-refractivity contribution in [2.24, 2.45) is 4.99 Å². The van der Waals surface area contributed by atoms with Gasteiger partial charge in [0.05, 0.1) is 18.0 Å². The first-order valence-electron chi connectivity index (χ1n) is 4.92. The molecule has 4 nitrogen and oxygen atoms in total. The number of sulfonamides is 1. The van der Waals surface area contributed by atoms with E-state index in [4.69, 9.17) is 0 Å². The van der Waals surface area contributed by atoms with Gasteiger partial charge < -0.3 is 0 Å². The molecule has 0 radical (unpaired) electrons. The molecular formula is C10H11FN2O2S2. The van der Waals surface area contributed by atoms with Gasteiger partial charge >= 0.3 is 0 Å². The van der Waals surface area contributed by atoms with E-state index >= 15 is 0 Å². The Kier molecular flexibility index (Phi) is 3.39. The van der Waals surface area contributed by atoms with Crippen molar-refractivity contribution in [2.75, 3.05) is 19.3 Å². The summed E-state index contributed by atoms with van der Waals surface area (Å²) in [6, 6.07) is 4.81. The van der Waals surface area contributed by atoms with Crippen molar-refractivity contribution in [1.29, 1.82) is 0 Å². The van der Waals surface area contributed by atoms with E-state index in [0.717, 1.165) is 12.1 Å². The predicted molar refractivity (Wildman–Crippen MR) is 66.1 cm³/mol. The molecule has 0 saturated carbocycles. The lowest BCUT2D eigenvalue weighted by molar-refractivity contribution is 0.539. The van der Waals surface area contributed by atoms with Crippen molar-refractivity contribution in [1.82, 2.24) is 4.31 Å². The van der Waals surface area contributed by atoms with Crippen LogP contribution in [0.25, 0.3) is 0 Å². The Labute approximate surface area is 104 Å². The summed E-state index contributed by atoms with van der Waals surface area (Å²) in [5.41, 5.74) is 0. The van der Waals surface area contributed by atoms with Crippen LogP contribution < -0.4 is 0 Å². The quantitative estimate of drug-likeness (QED) is 0.822. The zero-order valence-corrected chi connectivity index (χ0v) is 10.8. The monoisotopic (exact) mass is 274 g/mol. The van der Waals surface area contributed by atoms with Gasteiger partial charge in [0, 0.05) is 0 Å². The second kappa shape index (κ2) is 4.66. The summed E-state index contributed by atoms with van der Waals surface area (Å²) in [7, 11) is -3.60. The molecule has 0 aliphatic carbocycles. The molecule has 92 valence electrons. The van der Waals surface area contributed by atoms with E-state index in [1.807, 2.05) is 0 Å². The van der Waals surface area contributed by atoms with Gasteiger partial charge in [-0.3, -0.25) is 4.99 Å². The first-order valence-corrected chi connectivity index (χ1v) is 7.59. The summed E-state index contributed by atoms with van der Waals surface area (Å²) in [4.78, 5) is 4.18. The molecule has 0 amide bonds. The predicted octanol–water partition coefficient (Wildman–Crippen LogP) is 1.55. The number of rotatable bonds is 2. The van der Waals surface area contributed by atoms with Crippen molar-refractivity contribution < 1.29 is 12.8 Å². The lowest BCUT2D eigenvalue weighted by Gasteiger charge is -2.18. The standard InChI is InChI=1S/C10H11FN2O2S2/c1-16-10-12-6-7-13(10)17(14,15)9-4-2-8(11)3-5-9/h2-5H,6-7H2,1H3. The third kappa shape index (κ3) is 2.30. The molecule has 0 saturated heterocycles. The Hall–Kier alpha value is -1.08. The molecule has 0 bridgehead atoms. The minimum Gasteiger partial charge on any atom is -0.260 e. The molecule has 1 heterocycles. The summed E-state index contributed by atoms with van der Waals surface area (Å²) in [6.07, 6.45) is 1.78. The van der Waals surface area contributed by atoms with Gasteiger partial charge in [-0.25, -0.2) is 17.1 Å². The number of hydrogen-bond acceptors (Lipinski definition) is 4. The smallest absolute Gasteiger partial charge is 0.260 e. The van der Waals surface area contributed by atoms with Crippen molar-refractivity contribution in [2.45, 2.75) is 4.90 Å². The number of hydrogen-bond donors (Lipinski definition) is 0. The summed E-state index contributed by atoms with van der Waals surface area (Å²) >= 11 is 1.29. The minimum absolute atomic E-state index is 0.0857. The van der Waals surface area contributed by atoms with E-state index in [9.17, 15) is 12.8 Å². The number of nitrogens with zero attached hydrogens (tertiary/aromatic N) is 2. The molecule has 0 N–H and O–H groups in total. The molecule has 7 heteroatoms. The third-order valence-corrected chi connectivity index (χ3v) is 4.98. The Morgan fingerprint density at radius 2 is 2.00 bits per heavy atom. The largest absolute Gasteiger partial charge is 0.265 e. The summed E-state index contributed by atoms with van der Waals surface area (Å²) in [6.45, 7) is 0.812. The highest BCUT2D eigenvalue weighted by atomic mass is 32.2. The van der Waals surface area contributed by atoms with Crippen LogP contribution in [0.15, 0.2) is 34.2 Å². The molecule has 0 aromatic heterocycles. The van der Waals surface area contributed by atoms with E-state index < -0.39 is 15.8 Å². The number of thioether (sulfide) groups is 1. The Morgan fingerprint density at radius 1 is 1.35 bits per heavy atom. The summed E-state index contributed by atoms with van der Waals surface area (Å²) in [5.74, 6) is -0.455. The number of benzene rings is 1. The molecule has 1 aromatic rings. The first-order chi connectivity index (χ1) is 8.05. The first kappa shape index (κ1) is 12.4. The second-order valence-corrected chi connectivity index (χ2v) is 6.04. The molecule has 0 spiro atoms. The average molecular weight is 274 g/mol. The zero-order valence-electron chi connectivity index (χ0n) is 9.13. The van der Waals surface area contributed by atoms with Gasteiger partial charge in [0.15, 0.2) is 5.17 Å². The Bertz CT molecular complexity index is 540. The number of amidine groups is 1. The van der Waals surface area contributed by atoms with Crippen LogP contribution in [0.5, 0.6) is 0 Å². The molecule has 0 atom stereocenters. The van der Waals surface area contributed by atoms with E-state index in [0.29, 0.717) is 18.3 Å². The van der Waals surface area contributed by atoms with Crippen molar-refractivity contribution in [3.63, 3.8) is 0 Å². The van der Waals surface area contributed by atoms with Gasteiger partial charge in [0.2, 0.25) is 0 Å². The Balaban J connectivity index is 2.37. The number of halogens is 1. The van der Waals surface area contributed by atoms with Crippen LogP contribution in [-0.2, 0) is 10.0 Å². The molecular weight excluding hydrogens is 263 g/mol. The van der Waals surface area contributed by atoms with Crippen LogP contribution in [0.2, 0.25) is 0 Å². The van der Waals surface area contributed by atoms with Gasteiger partial charge in [-0.2, -0.15) is 0 Å². The lowest BCUT2D eigenvalue weighted by atomic mass is 10.4. The molecule has 2 rings (SSSR count). The maximum atomic E-state index is 12.8. The van der Waals surface area contributed by atoms with Crippen LogP contribution >= 0.6 is 11.8 Å². The minimum atomic E-state index is -3.60. The van der Waals surface area contributed by atoms with Gasteiger partial charge in [0.1, 0.15) is 5.82 Å². The highest BCUT2D eigenvalue weighted by Crippen LogP contribution is 2.22. The van der Waals surface area contributed by atoms with Gasteiger partial charge in [-0.1, -0.05) is 11.8 Å². The second-order valence-electron chi connectivity index (χ2n) is 3.40. The molecule has 1 aliphatic heterocycles. The molecule has 1 aliphatic rings. The zero-order chi connectivity index (χ0) is 12.5. The molecule has 0 fully saturated rings. The van der Waals surface area contributed by atoms with E-state index in [-0.39, 0.29) is 4.90 Å². The third-order valence-electron chi connectivity index (χ3n) is 2.35. The van der Waals surface area contributed by atoms with Crippen LogP contribution in [0.4, 0.5) is 4.39 Å². The van der Waals surface area contributed by atoms with E-state index in [1.165, 1.54) is 28.2 Å². The topological polar surface area (TPSA) is 49.7 Å². The highest BCUT2D eigenvalue weighted by Gasteiger charge is 2.29. The maximum Gasteiger partial charge on any atom is 0.265 e. The maximum absolute atomic E-state index is 12.8. The average Bonchev–Trinajstić information content (AvgIpc) is 2.78. The lowest BCUT2D eigenvalue weighted by Crippen LogP contribution is -2.32. The van der Waals surface area contributed by atoms with Crippen LogP contribution in [0.3, 0.4) is 0 Å². The van der Waals surface area contributed by atoms with Gasteiger partial charge in [0.25, 0.3) is 10.0 Å².